The first-order valence-corrected chi connectivity index (χ1v) is 9.41. The molecule has 4 aromatic rings. The highest BCUT2D eigenvalue weighted by Crippen LogP contribution is 2.33. The molecule has 0 amide bonds. The van der Waals surface area contributed by atoms with Crippen LogP contribution in [-0.2, 0) is 0 Å². The van der Waals surface area contributed by atoms with Crippen molar-refractivity contribution in [3.63, 3.8) is 0 Å². The number of hydrogen-bond acceptors (Lipinski definition) is 2. The number of nitrogens with zero attached hydrogens (tertiary/aromatic N) is 2. The maximum Gasteiger partial charge on any atom is 0.123 e. The number of imidazole rings is 1. The van der Waals surface area contributed by atoms with Gasteiger partial charge in [0.1, 0.15) is 11.6 Å². The van der Waals surface area contributed by atoms with Crippen molar-refractivity contribution in [3.05, 3.63) is 84.1 Å². The lowest BCUT2D eigenvalue weighted by Crippen LogP contribution is -1.90. The van der Waals surface area contributed by atoms with Crippen LogP contribution in [0.2, 0.25) is 0 Å². The van der Waals surface area contributed by atoms with Crippen LogP contribution in [0, 0.1) is 12.7 Å². The van der Waals surface area contributed by atoms with Crippen LogP contribution >= 0.6 is 0 Å². The van der Waals surface area contributed by atoms with E-state index in [9.17, 15) is 4.39 Å². The quantitative estimate of drug-likeness (QED) is 0.452. The number of benzene rings is 2. The summed E-state index contributed by atoms with van der Waals surface area (Å²) in [5.41, 5.74) is 6.64. The average Bonchev–Trinajstić information content (AvgIpc) is 3.15. The molecule has 28 heavy (non-hydrogen) atoms. The zero-order valence-corrected chi connectivity index (χ0v) is 16.2. The molecule has 2 aromatic carbocycles. The molecule has 2 heterocycles. The normalized spacial score (nSPS) is 11.2. The average molecular weight is 371 g/mol. The number of H-pyrrole nitrogens is 1. The molecule has 3 nitrogen and oxygen atoms in total. The molecular weight excluding hydrogens is 349 g/mol. The van der Waals surface area contributed by atoms with E-state index in [-0.39, 0.29) is 11.7 Å². The van der Waals surface area contributed by atoms with Gasteiger partial charge in [-0.3, -0.25) is 4.98 Å². The van der Waals surface area contributed by atoms with Crippen molar-refractivity contribution in [1.82, 2.24) is 15.0 Å². The molecule has 0 fully saturated rings. The Morgan fingerprint density at radius 2 is 1.54 bits per heavy atom. The first-order valence-electron chi connectivity index (χ1n) is 9.41. The predicted molar refractivity (Wildman–Crippen MR) is 111 cm³/mol. The fourth-order valence-electron chi connectivity index (χ4n) is 3.23. The lowest BCUT2D eigenvalue weighted by atomic mass is 10.0. The second kappa shape index (κ2) is 7.39. The third kappa shape index (κ3) is 3.58. The fourth-order valence-corrected chi connectivity index (χ4v) is 3.23. The molecule has 0 aliphatic rings. The third-order valence-corrected chi connectivity index (χ3v) is 4.73. The second-order valence-electron chi connectivity index (χ2n) is 7.25. The Kier molecular flexibility index (Phi) is 4.78. The number of halogens is 1. The molecule has 1 N–H and O–H groups in total. The van der Waals surface area contributed by atoms with E-state index in [0.29, 0.717) is 0 Å². The lowest BCUT2D eigenvalue weighted by Gasteiger charge is -2.07. The van der Waals surface area contributed by atoms with Gasteiger partial charge in [-0.2, -0.15) is 0 Å². The van der Waals surface area contributed by atoms with Crippen molar-refractivity contribution in [3.8, 4) is 33.8 Å². The van der Waals surface area contributed by atoms with Gasteiger partial charge in [0, 0.05) is 17.2 Å². The standard InChI is InChI=1S/C24H22FN3/c1-15(2)24-27-22(23(28-24)21-9-4-6-16(3)26-21)19-8-5-7-18(14-19)17-10-12-20(25)13-11-17/h4-15H,1-3H3,(H,27,28). The smallest absolute Gasteiger partial charge is 0.123 e. The number of pyridine rings is 1. The molecule has 0 unspecified atom stereocenters. The van der Waals surface area contributed by atoms with Gasteiger partial charge in [-0.05, 0) is 48.4 Å². The van der Waals surface area contributed by atoms with E-state index in [1.54, 1.807) is 12.1 Å². The Morgan fingerprint density at radius 3 is 2.25 bits per heavy atom. The van der Waals surface area contributed by atoms with Gasteiger partial charge in [-0.1, -0.05) is 50.2 Å². The molecule has 0 radical (unpaired) electrons. The Morgan fingerprint density at radius 1 is 0.821 bits per heavy atom. The van der Waals surface area contributed by atoms with Crippen LogP contribution < -0.4 is 0 Å². The van der Waals surface area contributed by atoms with Crippen LogP contribution in [0.3, 0.4) is 0 Å². The van der Waals surface area contributed by atoms with Gasteiger partial charge in [0.2, 0.25) is 0 Å². The Hall–Kier alpha value is -3.27. The van der Waals surface area contributed by atoms with Crippen molar-refractivity contribution < 1.29 is 4.39 Å². The van der Waals surface area contributed by atoms with Gasteiger partial charge in [0.15, 0.2) is 0 Å². The number of rotatable bonds is 4. The van der Waals surface area contributed by atoms with Crippen molar-refractivity contribution in [1.29, 1.82) is 0 Å². The van der Waals surface area contributed by atoms with Gasteiger partial charge < -0.3 is 4.98 Å². The van der Waals surface area contributed by atoms with Crippen LogP contribution in [0.15, 0.2) is 66.7 Å². The van der Waals surface area contributed by atoms with Crippen LogP contribution in [0.1, 0.15) is 31.3 Å². The third-order valence-electron chi connectivity index (χ3n) is 4.73. The molecule has 0 aliphatic carbocycles. The Bertz CT molecular complexity index is 1110. The lowest BCUT2D eigenvalue weighted by molar-refractivity contribution is 0.628. The largest absolute Gasteiger partial charge is 0.340 e. The summed E-state index contributed by atoms with van der Waals surface area (Å²) in [4.78, 5) is 13.0. The van der Waals surface area contributed by atoms with E-state index in [4.69, 9.17) is 4.98 Å². The molecule has 0 saturated heterocycles. The zero-order chi connectivity index (χ0) is 19.7. The number of aromatic amines is 1. The van der Waals surface area contributed by atoms with E-state index in [1.165, 1.54) is 12.1 Å². The van der Waals surface area contributed by atoms with Crippen molar-refractivity contribution in [2.45, 2.75) is 26.7 Å². The minimum absolute atomic E-state index is 0.235. The zero-order valence-electron chi connectivity index (χ0n) is 16.2. The molecule has 0 aliphatic heterocycles. The van der Waals surface area contributed by atoms with Crippen molar-refractivity contribution >= 4 is 0 Å². The predicted octanol–water partition coefficient (Wildman–Crippen LogP) is 6.38. The summed E-state index contributed by atoms with van der Waals surface area (Å²) in [6.45, 7) is 6.22. The van der Waals surface area contributed by atoms with Crippen LogP contribution in [0.5, 0.6) is 0 Å². The number of aryl methyl sites for hydroxylation is 1. The van der Waals surface area contributed by atoms with Gasteiger partial charge >= 0.3 is 0 Å². The highest BCUT2D eigenvalue weighted by molar-refractivity contribution is 5.80. The molecule has 0 saturated carbocycles. The van der Waals surface area contributed by atoms with E-state index in [0.717, 1.165) is 45.3 Å². The van der Waals surface area contributed by atoms with Gasteiger partial charge in [-0.25, -0.2) is 9.37 Å². The molecule has 4 rings (SSSR count). The summed E-state index contributed by atoms with van der Waals surface area (Å²) >= 11 is 0. The summed E-state index contributed by atoms with van der Waals surface area (Å²) in [6, 6.07) is 20.7. The maximum atomic E-state index is 13.3. The first-order chi connectivity index (χ1) is 13.5. The van der Waals surface area contributed by atoms with Gasteiger partial charge in [0.05, 0.1) is 17.1 Å². The Balaban J connectivity index is 1.85. The second-order valence-corrected chi connectivity index (χ2v) is 7.25. The van der Waals surface area contributed by atoms with Crippen molar-refractivity contribution in [2.24, 2.45) is 0 Å². The number of nitrogens with one attached hydrogen (secondary N) is 1. The molecule has 140 valence electrons. The van der Waals surface area contributed by atoms with E-state index in [1.807, 2.05) is 43.3 Å². The van der Waals surface area contributed by atoms with Gasteiger partial charge in [-0.15, -0.1) is 0 Å². The summed E-state index contributed by atoms with van der Waals surface area (Å²) in [7, 11) is 0. The minimum Gasteiger partial charge on any atom is -0.340 e. The minimum atomic E-state index is -0.235. The fraction of sp³-hybridized carbons (Fsp3) is 0.167. The molecule has 0 spiro atoms. The summed E-state index contributed by atoms with van der Waals surface area (Å²) in [6.07, 6.45) is 0. The van der Waals surface area contributed by atoms with Crippen LogP contribution in [-0.4, -0.2) is 15.0 Å². The number of hydrogen-bond donors (Lipinski definition) is 1. The molecule has 2 aromatic heterocycles. The SMILES string of the molecule is Cc1cccc(-c2[nH]c(C(C)C)nc2-c2cccc(-c3ccc(F)cc3)c2)n1. The van der Waals surface area contributed by atoms with Crippen LogP contribution in [0.25, 0.3) is 33.8 Å². The summed E-state index contributed by atoms with van der Waals surface area (Å²) in [5.74, 6) is 0.972. The highest BCUT2D eigenvalue weighted by Gasteiger charge is 2.17. The van der Waals surface area contributed by atoms with E-state index < -0.39 is 0 Å². The first kappa shape index (κ1) is 18.1. The molecular formula is C24H22FN3. The number of aromatic nitrogens is 3. The maximum absolute atomic E-state index is 13.3. The molecule has 4 heteroatoms. The van der Waals surface area contributed by atoms with E-state index >= 15 is 0 Å². The molecule has 0 atom stereocenters. The Labute approximate surface area is 164 Å². The van der Waals surface area contributed by atoms with Gasteiger partial charge in [0.25, 0.3) is 0 Å². The summed E-state index contributed by atoms with van der Waals surface area (Å²) in [5, 5.41) is 0. The van der Waals surface area contributed by atoms with E-state index in [2.05, 4.69) is 29.9 Å². The highest BCUT2D eigenvalue weighted by atomic mass is 19.1. The monoisotopic (exact) mass is 371 g/mol. The topological polar surface area (TPSA) is 41.6 Å². The summed E-state index contributed by atoms with van der Waals surface area (Å²) < 4.78 is 13.3. The van der Waals surface area contributed by atoms with Crippen molar-refractivity contribution in [2.75, 3.05) is 0 Å². The van der Waals surface area contributed by atoms with Crippen LogP contribution in [0.4, 0.5) is 4.39 Å². The molecule has 0 bridgehead atoms.